The van der Waals surface area contributed by atoms with Crippen LogP contribution < -0.4 is 0 Å². The normalized spacial score (nSPS) is 22.1. The fraction of sp³-hybridized carbons (Fsp3) is 0.400. The van der Waals surface area contributed by atoms with Crippen molar-refractivity contribution >= 4 is 11.0 Å². The minimum absolute atomic E-state index is 0.187. The maximum atomic E-state index is 9.92. The Kier molecular flexibility index (Phi) is 2.96. The van der Waals surface area contributed by atoms with Crippen LogP contribution in [0, 0.1) is 5.92 Å². The molecule has 0 aliphatic heterocycles. The molecule has 1 aliphatic rings. The van der Waals surface area contributed by atoms with Crippen molar-refractivity contribution in [2.45, 2.75) is 31.9 Å². The van der Waals surface area contributed by atoms with Crippen molar-refractivity contribution in [3.63, 3.8) is 0 Å². The van der Waals surface area contributed by atoms with Gasteiger partial charge in [-0.3, -0.25) is 4.68 Å². The summed E-state index contributed by atoms with van der Waals surface area (Å²) >= 11 is 0. The maximum Gasteiger partial charge on any atom is 0.141 e. The number of H-pyrrole nitrogens is 1. The fourth-order valence-corrected chi connectivity index (χ4v) is 3.16. The van der Waals surface area contributed by atoms with Gasteiger partial charge in [-0.05, 0) is 18.9 Å². The molecule has 0 saturated heterocycles. The standard InChI is InChI=1S/C15H17N5O/c21-13-3-1-2-10(13)7-20-8-11(6-19-20)14-12-4-5-16-15(12)18-9-17-14/h4-6,8-10,13,21H,1-3,7H2,(H,16,17,18)/t10-,13-/m0/s1. The van der Waals surface area contributed by atoms with Gasteiger partial charge in [0.1, 0.15) is 12.0 Å². The van der Waals surface area contributed by atoms with E-state index in [2.05, 4.69) is 20.1 Å². The third-order valence-electron chi connectivity index (χ3n) is 4.30. The number of hydrogen-bond donors (Lipinski definition) is 2. The molecule has 3 aromatic heterocycles. The zero-order valence-corrected chi connectivity index (χ0v) is 11.6. The maximum absolute atomic E-state index is 9.92. The molecule has 3 heterocycles. The Bertz CT molecular complexity index is 762. The number of aromatic amines is 1. The number of rotatable bonds is 3. The fourth-order valence-electron chi connectivity index (χ4n) is 3.16. The van der Waals surface area contributed by atoms with Gasteiger partial charge in [-0.2, -0.15) is 5.10 Å². The molecule has 2 atom stereocenters. The molecular weight excluding hydrogens is 266 g/mol. The van der Waals surface area contributed by atoms with Crippen LogP contribution in [0.15, 0.2) is 31.0 Å². The molecule has 3 aromatic rings. The van der Waals surface area contributed by atoms with Gasteiger partial charge in [-0.1, -0.05) is 6.42 Å². The zero-order valence-electron chi connectivity index (χ0n) is 11.6. The molecule has 2 N–H and O–H groups in total. The van der Waals surface area contributed by atoms with Gasteiger partial charge in [0.05, 0.1) is 18.0 Å². The van der Waals surface area contributed by atoms with Crippen LogP contribution in [-0.2, 0) is 6.54 Å². The van der Waals surface area contributed by atoms with Crippen LogP contribution in [0.3, 0.4) is 0 Å². The van der Waals surface area contributed by atoms with Gasteiger partial charge >= 0.3 is 0 Å². The first kappa shape index (κ1) is 12.5. The minimum atomic E-state index is -0.187. The Labute approximate surface area is 121 Å². The van der Waals surface area contributed by atoms with E-state index in [-0.39, 0.29) is 6.10 Å². The van der Waals surface area contributed by atoms with Crippen LogP contribution in [0.4, 0.5) is 0 Å². The third kappa shape index (κ3) is 2.21. The largest absolute Gasteiger partial charge is 0.393 e. The number of hydrogen-bond acceptors (Lipinski definition) is 4. The molecule has 6 heteroatoms. The average Bonchev–Trinajstić information content (AvgIpc) is 3.21. The van der Waals surface area contributed by atoms with Gasteiger partial charge < -0.3 is 10.1 Å². The summed E-state index contributed by atoms with van der Waals surface area (Å²) in [5, 5.41) is 15.3. The van der Waals surface area contributed by atoms with Gasteiger partial charge in [-0.25, -0.2) is 9.97 Å². The summed E-state index contributed by atoms with van der Waals surface area (Å²) in [6, 6.07) is 1.97. The van der Waals surface area contributed by atoms with E-state index >= 15 is 0 Å². The first-order chi connectivity index (χ1) is 10.3. The third-order valence-corrected chi connectivity index (χ3v) is 4.30. The van der Waals surface area contributed by atoms with E-state index in [0.717, 1.165) is 48.1 Å². The Hall–Kier alpha value is -2.21. The monoisotopic (exact) mass is 283 g/mol. The number of aliphatic hydroxyl groups is 1. The highest BCUT2D eigenvalue weighted by Gasteiger charge is 2.25. The first-order valence-corrected chi connectivity index (χ1v) is 7.30. The number of nitrogens with one attached hydrogen (secondary N) is 1. The molecule has 6 nitrogen and oxygen atoms in total. The summed E-state index contributed by atoms with van der Waals surface area (Å²) < 4.78 is 1.91. The number of fused-ring (bicyclic) bond motifs is 1. The van der Waals surface area contributed by atoms with E-state index in [1.165, 1.54) is 0 Å². The van der Waals surface area contributed by atoms with Crippen molar-refractivity contribution in [3.8, 4) is 11.3 Å². The van der Waals surface area contributed by atoms with Gasteiger partial charge in [0.25, 0.3) is 0 Å². The van der Waals surface area contributed by atoms with Gasteiger partial charge in [0.15, 0.2) is 0 Å². The summed E-state index contributed by atoms with van der Waals surface area (Å²) in [5.74, 6) is 0.315. The lowest BCUT2D eigenvalue weighted by molar-refractivity contribution is 0.121. The second-order valence-corrected chi connectivity index (χ2v) is 5.67. The molecule has 0 unspecified atom stereocenters. The molecule has 0 amide bonds. The van der Waals surface area contributed by atoms with Crippen molar-refractivity contribution in [2.75, 3.05) is 0 Å². The van der Waals surface area contributed by atoms with Crippen molar-refractivity contribution in [2.24, 2.45) is 5.92 Å². The van der Waals surface area contributed by atoms with Gasteiger partial charge in [-0.15, -0.1) is 0 Å². The lowest BCUT2D eigenvalue weighted by Crippen LogP contribution is -2.19. The van der Waals surface area contributed by atoms with Crippen molar-refractivity contribution in [3.05, 3.63) is 31.0 Å². The Morgan fingerprint density at radius 1 is 1.33 bits per heavy atom. The average molecular weight is 283 g/mol. The van der Waals surface area contributed by atoms with Crippen LogP contribution in [-0.4, -0.2) is 35.9 Å². The predicted molar refractivity (Wildman–Crippen MR) is 78.5 cm³/mol. The molecule has 1 aliphatic carbocycles. The van der Waals surface area contributed by atoms with Gasteiger partial charge in [0, 0.05) is 35.8 Å². The Morgan fingerprint density at radius 2 is 2.29 bits per heavy atom. The van der Waals surface area contributed by atoms with E-state index < -0.39 is 0 Å². The van der Waals surface area contributed by atoms with Crippen molar-refractivity contribution in [1.29, 1.82) is 0 Å². The van der Waals surface area contributed by atoms with Crippen molar-refractivity contribution in [1.82, 2.24) is 24.7 Å². The van der Waals surface area contributed by atoms with Crippen LogP contribution in [0.5, 0.6) is 0 Å². The van der Waals surface area contributed by atoms with E-state index in [9.17, 15) is 5.11 Å². The molecule has 0 aromatic carbocycles. The zero-order chi connectivity index (χ0) is 14.2. The summed E-state index contributed by atoms with van der Waals surface area (Å²) in [6.07, 6.45) is 10.2. The van der Waals surface area contributed by atoms with E-state index in [1.54, 1.807) is 6.33 Å². The topological polar surface area (TPSA) is 79.6 Å². The number of aromatic nitrogens is 5. The Balaban J connectivity index is 1.63. The smallest absolute Gasteiger partial charge is 0.141 e. The van der Waals surface area contributed by atoms with Crippen LogP contribution in [0.1, 0.15) is 19.3 Å². The number of nitrogens with zero attached hydrogens (tertiary/aromatic N) is 4. The van der Waals surface area contributed by atoms with Crippen LogP contribution in [0.2, 0.25) is 0 Å². The summed E-state index contributed by atoms with van der Waals surface area (Å²) in [4.78, 5) is 11.7. The second kappa shape index (κ2) is 4.96. The summed E-state index contributed by atoms with van der Waals surface area (Å²) in [6.45, 7) is 0.766. The lowest BCUT2D eigenvalue weighted by Gasteiger charge is -2.13. The molecule has 0 radical (unpaired) electrons. The van der Waals surface area contributed by atoms with E-state index in [0.29, 0.717) is 5.92 Å². The van der Waals surface area contributed by atoms with Crippen molar-refractivity contribution < 1.29 is 5.11 Å². The lowest BCUT2D eigenvalue weighted by atomic mass is 10.1. The highest BCUT2D eigenvalue weighted by atomic mass is 16.3. The summed E-state index contributed by atoms with van der Waals surface area (Å²) in [5.41, 5.74) is 2.70. The molecule has 1 fully saturated rings. The predicted octanol–water partition coefficient (Wildman–Crippen LogP) is 1.98. The molecule has 0 bridgehead atoms. The highest BCUT2D eigenvalue weighted by Crippen LogP contribution is 2.28. The Morgan fingerprint density at radius 3 is 3.14 bits per heavy atom. The van der Waals surface area contributed by atoms with E-state index in [4.69, 9.17) is 0 Å². The first-order valence-electron chi connectivity index (χ1n) is 7.30. The van der Waals surface area contributed by atoms with Gasteiger partial charge in [0.2, 0.25) is 0 Å². The molecule has 21 heavy (non-hydrogen) atoms. The molecule has 0 spiro atoms. The molecule has 1 saturated carbocycles. The van der Waals surface area contributed by atoms with Crippen LogP contribution in [0.25, 0.3) is 22.3 Å². The molecule has 4 rings (SSSR count). The molecule has 108 valence electrons. The SMILES string of the molecule is O[C@H]1CCC[C@H]1Cn1cc(-c2ncnc3[nH]ccc23)cn1. The second-order valence-electron chi connectivity index (χ2n) is 5.67. The van der Waals surface area contributed by atoms with E-state index in [1.807, 2.05) is 29.3 Å². The quantitative estimate of drug-likeness (QED) is 0.770. The van der Waals surface area contributed by atoms with Crippen LogP contribution >= 0.6 is 0 Å². The molecular formula is C15H17N5O. The highest BCUT2D eigenvalue weighted by molar-refractivity contribution is 5.89. The minimum Gasteiger partial charge on any atom is -0.393 e. The summed E-state index contributed by atoms with van der Waals surface area (Å²) in [7, 11) is 0. The number of aliphatic hydroxyl groups excluding tert-OH is 1.